The number of nitrogens with two attached hydrogens (primary N) is 1. The molecule has 4 heteroatoms. The molecule has 1 heterocycles. The van der Waals surface area contributed by atoms with E-state index >= 15 is 0 Å². The van der Waals surface area contributed by atoms with Gasteiger partial charge in [0.1, 0.15) is 0 Å². The predicted molar refractivity (Wildman–Crippen MR) is 96.5 cm³/mol. The standard InChI is InChI=1S/C21H28N2O2/c22-19(24)16-6-5-15-12-18-21(25)8-2-1-7-20(21,17(15)11-16)9-10-23(18)13-14-3-4-14/h5-6,11,14,18,25H,1-4,7-10,12-13H2,(H2,22,24)/t18-,20?,21-/m1/s1. The number of carbonyl (C=O) groups excluding carboxylic acids is 1. The number of aliphatic hydroxyl groups is 1. The first-order valence-corrected chi connectivity index (χ1v) is 9.93. The lowest BCUT2D eigenvalue weighted by Crippen LogP contribution is -2.72. The summed E-state index contributed by atoms with van der Waals surface area (Å²) in [6.45, 7) is 2.22. The minimum absolute atomic E-state index is 0.186. The number of primary amides is 1. The number of carbonyl (C=O) groups is 1. The molecule has 0 aromatic heterocycles. The average molecular weight is 340 g/mol. The van der Waals surface area contributed by atoms with Crippen molar-refractivity contribution in [3.8, 4) is 0 Å². The van der Waals surface area contributed by atoms with E-state index in [0.29, 0.717) is 5.56 Å². The van der Waals surface area contributed by atoms with Gasteiger partial charge in [-0.25, -0.2) is 0 Å². The Hall–Kier alpha value is -1.39. The maximum absolute atomic E-state index is 12.0. The first-order chi connectivity index (χ1) is 12.0. The van der Waals surface area contributed by atoms with Crippen LogP contribution < -0.4 is 5.73 Å². The van der Waals surface area contributed by atoms with Crippen LogP contribution in [0.1, 0.15) is 66.4 Å². The molecule has 1 amide bonds. The first-order valence-electron chi connectivity index (χ1n) is 9.93. The molecule has 1 saturated heterocycles. The topological polar surface area (TPSA) is 66.6 Å². The normalized spacial score (nSPS) is 37.2. The Morgan fingerprint density at radius 2 is 2.04 bits per heavy atom. The van der Waals surface area contributed by atoms with Gasteiger partial charge in [0.25, 0.3) is 0 Å². The van der Waals surface area contributed by atoms with Crippen LogP contribution in [0.4, 0.5) is 0 Å². The van der Waals surface area contributed by atoms with E-state index in [-0.39, 0.29) is 17.4 Å². The fraction of sp³-hybridized carbons (Fsp3) is 0.667. The van der Waals surface area contributed by atoms with Crippen LogP contribution in [0.5, 0.6) is 0 Å². The van der Waals surface area contributed by atoms with Gasteiger partial charge in [0.05, 0.1) is 5.60 Å². The van der Waals surface area contributed by atoms with E-state index in [9.17, 15) is 9.90 Å². The zero-order valence-electron chi connectivity index (χ0n) is 14.8. The van der Waals surface area contributed by atoms with Crippen molar-refractivity contribution in [2.45, 2.75) is 68.4 Å². The lowest BCUT2D eigenvalue weighted by atomic mass is 9.49. The molecule has 3 fully saturated rings. The van der Waals surface area contributed by atoms with Crippen LogP contribution in [0.3, 0.4) is 0 Å². The van der Waals surface area contributed by atoms with Gasteiger partial charge in [-0.1, -0.05) is 18.9 Å². The fourth-order valence-electron chi connectivity index (χ4n) is 6.11. The van der Waals surface area contributed by atoms with Gasteiger partial charge in [-0.3, -0.25) is 9.69 Å². The highest BCUT2D eigenvalue weighted by atomic mass is 16.3. The van der Waals surface area contributed by atoms with Gasteiger partial charge >= 0.3 is 0 Å². The molecule has 5 rings (SSSR count). The fourth-order valence-corrected chi connectivity index (χ4v) is 6.11. The minimum Gasteiger partial charge on any atom is -0.387 e. The summed E-state index contributed by atoms with van der Waals surface area (Å²) in [6, 6.07) is 6.19. The van der Waals surface area contributed by atoms with E-state index in [1.807, 2.05) is 12.1 Å². The van der Waals surface area contributed by atoms with Gasteiger partial charge in [0.15, 0.2) is 0 Å². The maximum atomic E-state index is 12.0. The molecule has 4 nitrogen and oxygen atoms in total. The Labute approximate surface area is 149 Å². The molecule has 1 aromatic carbocycles. The maximum Gasteiger partial charge on any atom is 0.248 e. The van der Waals surface area contributed by atoms with Crippen molar-refractivity contribution < 1.29 is 9.90 Å². The van der Waals surface area contributed by atoms with Gasteiger partial charge in [-0.15, -0.1) is 0 Å². The Kier molecular flexibility index (Phi) is 3.36. The zero-order chi connectivity index (χ0) is 17.2. The van der Waals surface area contributed by atoms with Crippen molar-refractivity contribution in [2.24, 2.45) is 11.7 Å². The summed E-state index contributed by atoms with van der Waals surface area (Å²) in [5.74, 6) is 0.477. The first kappa shape index (κ1) is 15.8. The molecule has 25 heavy (non-hydrogen) atoms. The van der Waals surface area contributed by atoms with Gasteiger partial charge in [-0.2, -0.15) is 0 Å². The van der Waals surface area contributed by atoms with E-state index in [1.165, 1.54) is 24.0 Å². The molecule has 1 aromatic rings. The molecule has 3 aliphatic carbocycles. The van der Waals surface area contributed by atoms with Gasteiger partial charge < -0.3 is 10.8 Å². The molecule has 4 aliphatic rings. The minimum atomic E-state index is -0.651. The van der Waals surface area contributed by atoms with E-state index < -0.39 is 5.60 Å². The summed E-state index contributed by atoms with van der Waals surface area (Å²) in [4.78, 5) is 14.3. The van der Waals surface area contributed by atoms with Crippen LogP contribution in [-0.4, -0.2) is 40.6 Å². The van der Waals surface area contributed by atoms with Crippen molar-refractivity contribution in [3.05, 3.63) is 34.9 Å². The molecular weight excluding hydrogens is 312 g/mol. The third kappa shape index (κ3) is 2.16. The largest absolute Gasteiger partial charge is 0.387 e. The average Bonchev–Trinajstić information content (AvgIpc) is 3.40. The molecule has 2 saturated carbocycles. The number of benzene rings is 1. The third-order valence-corrected chi connectivity index (χ3v) is 7.57. The number of nitrogens with zero attached hydrogens (tertiary/aromatic N) is 1. The van der Waals surface area contributed by atoms with Crippen molar-refractivity contribution in [1.29, 1.82) is 0 Å². The SMILES string of the molecule is NC(=O)c1ccc2c(c1)C13CCCC[C@@]1(O)[C@@H](C2)N(CC1CC1)CC3. The van der Waals surface area contributed by atoms with Crippen LogP contribution in [0, 0.1) is 5.92 Å². The lowest BCUT2D eigenvalue weighted by molar-refractivity contribution is -0.166. The molecule has 1 aliphatic heterocycles. The molecule has 134 valence electrons. The molecule has 3 atom stereocenters. The molecule has 1 unspecified atom stereocenters. The number of piperidine rings is 1. The van der Waals surface area contributed by atoms with E-state index in [0.717, 1.165) is 57.5 Å². The highest BCUT2D eigenvalue weighted by Crippen LogP contribution is 2.58. The summed E-state index contributed by atoms with van der Waals surface area (Å²) in [5, 5.41) is 12.0. The Balaban J connectivity index is 1.63. The van der Waals surface area contributed by atoms with Crippen LogP contribution in [0.25, 0.3) is 0 Å². The van der Waals surface area contributed by atoms with Crippen LogP contribution in [0.15, 0.2) is 18.2 Å². The monoisotopic (exact) mass is 340 g/mol. The van der Waals surface area contributed by atoms with Crippen molar-refractivity contribution in [3.63, 3.8) is 0 Å². The summed E-state index contributed by atoms with van der Waals surface area (Å²) in [6.07, 6.45) is 8.80. The molecule has 2 bridgehead atoms. The zero-order valence-corrected chi connectivity index (χ0v) is 14.8. The second-order valence-corrected chi connectivity index (χ2v) is 8.86. The number of rotatable bonds is 3. The number of hydrogen-bond donors (Lipinski definition) is 2. The predicted octanol–water partition coefficient (Wildman–Crippen LogP) is 2.37. The highest BCUT2D eigenvalue weighted by Gasteiger charge is 2.63. The number of amides is 1. The smallest absolute Gasteiger partial charge is 0.248 e. The Morgan fingerprint density at radius 3 is 2.80 bits per heavy atom. The lowest BCUT2D eigenvalue weighted by Gasteiger charge is -2.64. The van der Waals surface area contributed by atoms with Gasteiger partial charge in [0, 0.05) is 23.6 Å². The molecular formula is C21H28N2O2. The molecule has 0 spiro atoms. The Bertz CT molecular complexity index is 729. The summed E-state index contributed by atoms with van der Waals surface area (Å²) < 4.78 is 0. The highest BCUT2D eigenvalue weighted by molar-refractivity contribution is 5.93. The van der Waals surface area contributed by atoms with Crippen LogP contribution in [0.2, 0.25) is 0 Å². The Morgan fingerprint density at radius 1 is 1.24 bits per heavy atom. The van der Waals surface area contributed by atoms with E-state index in [4.69, 9.17) is 5.73 Å². The number of fused-ring (bicyclic) bond motifs is 1. The van der Waals surface area contributed by atoms with Crippen molar-refractivity contribution >= 4 is 5.91 Å². The number of hydrogen-bond acceptors (Lipinski definition) is 3. The van der Waals surface area contributed by atoms with E-state index in [2.05, 4.69) is 11.0 Å². The van der Waals surface area contributed by atoms with E-state index in [1.54, 1.807) is 0 Å². The van der Waals surface area contributed by atoms with Crippen LogP contribution >= 0.6 is 0 Å². The second-order valence-electron chi connectivity index (χ2n) is 8.86. The quantitative estimate of drug-likeness (QED) is 0.888. The summed E-state index contributed by atoms with van der Waals surface area (Å²) >= 11 is 0. The second kappa shape index (κ2) is 5.31. The summed E-state index contributed by atoms with van der Waals surface area (Å²) in [7, 11) is 0. The van der Waals surface area contributed by atoms with Crippen LogP contribution in [-0.2, 0) is 11.8 Å². The number of likely N-dealkylation sites (tertiary alicyclic amines) is 1. The third-order valence-electron chi connectivity index (χ3n) is 7.57. The summed E-state index contributed by atoms with van der Waals surface area (Å²) in [5.41, 5.74) is 7.83. The molecule has 0 radical (unpaired) electrons. The van der Waals surface area contributed by atoms with Gasteiger partial charge in [-0.05, 0) is 74.2 Å². The van der Waals surface area contributed by atoms with Gasteiger partial charge in [0.2, 0.25) is 5.91 Å². The molecule has 3 N–H and O–H groups in total. The van der Waals surface area contributed by atoms with Crippen molar-refractivity contribution in [1.82, 2.24) is 4.90 Å². The van der Waals surface area contributed by atoms with Crippen molar-refractivity contribution in [2.75, 3.05) is 13.1 Å².